The van der Waals surface area contributed by atoms with Crippen molar-refractivity contribution in [2.24, 2.45) is 0 Å². The zero-order valence-corrected chi connectivity index (χ0v) is 16.3. The maximum Gasteiger partial charge on any atom is 0.494 e. The Kier molecular flexibility index (Phi) is 4.96. The van der Waals surface area contributed by atoms with Gasteiger partial charge in [-0.25, -0.2) is 9.18 Å². The number of halogens is 1. The Labute approximate surface area is 149 Å². The Balaban J connectivity index is 2.20. The summed E-state index contributed by atoms with van der Waals surface area (Å²) < 4.78 is 31.7. The first-order chi connectivity index (χ1) is 11.2. The van der Waals surface area contributed by atoms with Gasteiger partial charge in [-0.1, -0.05) is 6.07 Å². The highest BCUT2D eigenvalue weighted by atomic mass is 19.1. The van der Waals surface area contributed by atoms with Crippen molar-refractivity contribution >= 4 is 24.4 Å². The van der Waals surface area contributed by atoms with Gasteiger partial charge in [0.15, 0.2) is 0 Å². The Morgan fingerprint density at radius 2 is 1.68 bits per heavy atom. The van der Waals surface area contributed by atoms with Gasteiger partial charge in [-0.05, 0) is 66.1 Å². The molecule has 0 atom stereocenters. The lowest BCUT2D eigenvalue weighted by molar-refractivity contribution is 0.00578. The molecule has 25 heavy (non-hydrogen) atoms. The third-order valence-corrected chi connectivity index (χ3v) is 4.53. The van der Waals surface area contributed by atoms with Crippen LogP contribution in [0.4, 0.5) is 14.9 Å². The Morgan fingerprint density at radius 3 is 2.12 bits per heavy atom. The van der Waals surface area contributed by atoms with E-state index in [4.69, 9.17) is 14.0 Å². The van der Waals surface area contributed by atoms with Gasteiger partial charge in [-0.2, -0.15) is 0 Å². The largest absolute Gasteiger partial charge is 0.494 e. The summed E-state index contributed by atoms with van der Waals surface area (Å²) in [5.41, 5.74) is -0.947. The molecule has 1 amide bonds. The van der Waals surface area contributed by atoms with Gasteiger partial charge in [-0.3, -0.25) is 4.90 Å². The van der Waals surface area contributed by atoms with Crippen molar-refractivity contribution in [1.29, 1.82) is 0 Å². The van der Waals surface area contributed by atoms with Crippen molar-refractivity contribution in [3.8, 4) is 0 Å². The lowest BCUT2D eigenvalue weighted by atomic mass is 9.79. The van der Waals surface area contributed by atoms with Gasteiger partial charge in [-0.15, -0.1) is 0 Å². The molecule has 1 heterocycles. The van der Waals surface area contributed by atoms with E-state index in [1.807, 2.05) is 27.7 Å². The molecule has 1 aliphatic rings. The fourth-order valence-electron chi connectivity index (χ4n) is 2.35. The summed E-state index contributed by atoms with van der Waals surface area (Å²) in [5, 5.41) is 0. The van der Waals surface area contributed by atoms with Crippen molar-refractivity contribution in [3.05, 3.63) is 24.0 Å². The van der Waals surface area contributed by atoms with Crippen molar-refractivity contribution in [3.63, 3.8) is 0 Å². The van der Waals surface area contributed by atoms with Crippen LogP contribution in [-0.2, 0) is 14.0 Å². The van der Waals surface area contributed by atoms with E-state index in [9.17, 15) is 9.18 Å². The molecule has 1 aromatic carbocycles. The first-order valence-corrected chi connectivity index (χ1v) is 8.35. The van der Waals surface area contributed by atoms with Gasteiger partial charge >= 0.3 is 13.2 Å². The molecule has 7 heteroatoms. The maximum absolute atomic E-state index is 14.6. The third kappa shape index (κ3) is 4.15. The molecule has 0 radical (unpaired) electrons. The fourth-order valence-corrected chi connectivity index (χ4v) is 2.35. The van der Waals surface area contributed by atoms with Crippen LogP contribution >= 0.6 is 0 Å². The van der Waals surface area contributed by atoms with Gasteiger partial charge in [0.1, 0.15) is 11.4 Å². The van der Waals surface area contributed by atoms with Crippen molar-refractivity contribution in [2.75, 3.05) is 11.9 Å². The molecular formula is C18H27BFNO4. The number of carbonyl (C=O) groups excluding carboxylic acids is 1. The second-order valence-electron chi connectivity index (χ2n) is 8.34. The average molecular weight is 351 g/mol. The summed E-state index contributed by atoms with van der Waals surface area (Å²) in [5.74, 6) is -0.541. The van der Waals surface area contributed by atoms with Gasteiger partial charge in [0.2, 0.25) is 0 Å². The Bertz CT molecular complexity index is 654. The van der Waals surface area contributed by atoms with Crippen molar-refractivity contribution in [2.45, 2.75) is 65.3 Å². The van der Waals surface area contributed by atoms with E-state index in [-0.39, 0.29) is 5.69 Å². The molecule has 0 saturated carbocycles. The smallest absolute Gasteiger partial charge is 0.443 e. The number of benzene rings is 1. The summed E-state index contributed by atoms with van der Waals surface area (Å²) in [6, 6.07) is 4.55. The lowest BCUT2D eigenvalue weighted by Crippen LogP contribution is -2.41. The molecule has 2 rings (SSSR count). The molecule has 1 fully saturated rings. The number of anilines is 1. The van der Waals surface area contributed by atoms with Crippen molar-refractivity contribution < 1.29 is 23.2 Å². The van der Waals surface area contributed by atoms with Crippen LogP contribution in [0.15, 0.2) is 18.2 Å². The number of nitrogens with zero attached hydrogens (tertiary/aromatic N) is 1. The van der Waals surface area contributed by atoms with E-state index in [0.29, 0.717) is 5.46 Å². The van der Waals surface area contributed by atoms with Crippen LogP contribution in [0.5, 0.6) is 0 Å². The topological polar surface area (TPSA) is 48.0 Å². The normalized spacial score (nSPS) is 19.0. The monoisotopic (exact) mass is 351 g/mol. The van der Waals surface area contributed by atoms with Crippen LogP contribution in [0.2, 0.25) is 0 Å². The number of rotatable bonds is 2. The summed E-state index contributed by atoms with van der Waals surface area (Å²) in [6.07, 6.45) is -0.616. The highest BCUT2D eigenvalue weighted by Crippen LogP contribution is 2.36. The summed E-state index contributed by atoms with van der Waals surface area (Å²) in [4.78, 5) is 13.3. The van der Waals surface area contributed by atoms with Gasteiger partial charge in [0, 0.05) is 7.05 Å². The standard InChI is InChI=1S/C18H27BFNO4/c1-16(2,3)23-15(22)21(8)14-10-9-12(11-13(14)20)19-24-17(4,5)18(6,7)25-19/h9-11H,1-8H3. The molecule has 138 valence electrons. The second-order valence-corrected chi connectivity index (χ2v) is 8.34. The Morgan fingerprint density at radius 1 is 1.16 bits per heavy atom. The number of ether oxygens (including phenoxy) is 1. The molecule has 0 aliphatic carbocycles. The predicted octanol–water partition coefficient (Wildman–Crippen LogP) is 3.50. The summed E-state index contributed by atoms with van der Waals surface area (Å²) in [7, 11) is 0.821. The Hall–Kier alpha value is -1.60. The zero-order valence-electron chi connectivity index (χ0n) is 16.3. The number of hydrogen-bond donors (Lipinski definition) is 0. The zero-order chi connectivity index (χ0) is 19.2. The highest BCUT2D eigenvalue weighted by Gasteiger charge is 2.51. The van der Waals surface area contributed by atoms with E-state index >= 15 is 0 Å². The molecule has 0 bridgehead atoms. The quantitative estimate of drug-likeness (QED) is 0.766. The first kappa shape index (κ1) is 19.7. The average Bonchev–Trinajstić information content (AvgIpc) is 2.64. The SMILES string of the molecule is CN(C(=O)OC(C)(C)C)c1ccc(B2OC(C)(C)C(C)(C)O2)cc1F. The molecule has 0 aromatic heterocycles. The van der Waals surface area contributed by atoms with E-state index in [0.717, 1.165) is 4.90 Å². The fraction of sp³-hybridized carbons (Fsp3) is 0.611. The minimum absolute atomic E-state index is 0.134. The first-order valence-electron chi connectivity index (χ1n) is 8.35. The van der Waals surface area contributed by atoms with Gasteiger partial charge < -0.3 is 14.0 Å². The third-order valence-electron chi connectivity index (χ3n) is 4.53. The molecular weight excluding hydrogens is 324 g/mol. The second kappa shape index (κ2) is 6.29. The van der Waals surface area contributed by atoms with Crippen LogP contribution in [0, 0.1) is 5.82 Å². The summed E-state index contributed by atoms with van der Waals surface area (Å²) >= 11 is 0. The van der Waals surface area contributed by atoms with Crippen molar-refractivity contribution in [1.82, 2.24) is 0 Å². The van der Waals surface area contributed by atoms with E-state index in [1.165, 1.54) is 19.2 Å². The van der Waals surface area contributed by atoms with Crippen LogP contribution < -0.4 is 10.4 Å². The van der Waals surface area contributed by atoms with Crippen LogP contribution in [0.1, 0.15) is 48.5 Å². The van der Waals surface area contributed by atoms with Crippen LogP contribution in [0.25, 0.3) is 0 Å². The molecule has 0 N–H and O–H groups in total. The molecule has 5 nitrogen and oxygen atoms in total. The number of amides is 1. The summed E-state index contributed by atoms with van der Waals surface area (Å²) in [6.45, 7) is 13.0. The molecule has 1 aromatic rings. The van der Waals surface area contributed by atoms with Crippen LogP contribution in [-0.4, -0.2) is 37.1 Å². The lowest BCUT2D eigenvalue weighted by Gasteiger charge is -2.32. The van der Waals surface area contributed by atoms with Gasteiger partial charge in [0.25, 0.3) is 0 Å². The predicted molar refractivity (Wildman–Crippen MR) is 96.8 cm³/mol. The molecule has 0 spiro atoms. The number of hydrogen-bond acceptors (Lipinski definition) is 4. The van der Waals surface area contributed by atoms with E-state index in [1.54, 1.807) is 26.8 Å². The molecule has 1 saturated heterocycles. The number of carbonyl (C=O) groups is 1. The van der Waals surface area contributed by atoms with E-state index in [2.05, 4.69) is 0 Å². The maximum atomic E-state index is 14.6. The minimum Gasteiger partial charge on any atom is -0.443 e. The highest BCUT2D eigenvalue weighted by molar-refractivity contribution is 6.62. The molecule has 0 unspecified atom stereocenters. The molecule has 1 aliphatic heterocycles. The van der Waals surface area contributed by atoms with Gasteiger partial charge in [0.05, 0.1) is 16.9 Å². The van der Waals surface area contributed by atoms with E-state index < -0.39 is 35.8 Å². The van der Waals surface area contributed by atoms with Crippen LogP contribution in [0.3, 0.4) is 0 Å². The minimum atomic E-state index is -0.652.